The highest BCUT2D eigenvalue weighted by molar-refractivity contribution is 6.20. The summed E-state index contributed by atoms with van der Waals surface area (Å²) < 4.78 is 10.7. The first-order chi connectivity index (χ1) is 8.20. The van der Waals surface area contributed by atoms with Crippen LogP contribution in [-0.4, -0.2) is 37.0 Å². The fraction of sp³-hybridized carbons (Fsp3) is 0.818. The van der Waals surface area contributed by atoms with Crippen LogP contribution in [0.5, 0.6) is 0 Å². The number of hydrogen-bond acceptors (Lipinski definition) is 5. The minimum Gasteiger partial charge on any atom is -0.406 e. The van der Waals surface area contributed by atoms with Crippen molar-refractivity contribution in [1.29, 1.82) is 0 Å². The first-order valence-electron chi connectivity index (χ1n) is 5.92. The van der Waals surface area contributed by atoms with Crippen molar-refractivity contribution in [3.63, 3.8) is 0 Å². The molecule has 2 rings (SSSR count). The van der Waals surface area contributed by atoms with Gasteiger partial charge in [-0.2, -0.15) is 0 Å². The number of rotatable bonds is 4. The van der Waals surface area contributed by atoms with Crippen LogP contribution in [-0.2, 0) is 4.74 Å². The third kappa shape index (κ3) is 3.10. The second-order valence-electron chi connectivity index (χ2n) is 4.42. The molecule has 0 N–H and O–H groups in total. The van der Waals surface area contributed by atoms with Crippen LogP contribution < -0.4 is 4.90 Å². The van der Waals surface area contributed by atoms with Crippen molar-refractivity contribution < 1.29 is 9.15 Å². The summed E-state index contributed by atoms with van der Waals surface area (Å²) in [4.78, 5) is 2.11. The number of nitrogens with zero attached hydrogens (tertiary/aromatic N) is 3. The normalized spacial score (nSPS) is 19.6. The monoisotopic (exact) mass is 259 g/mol. The fourth-order valence-corrected chi connectivity index (χ4v) is 2.13. The lowest BCUT2D eigenvalue weighted by Crippen LogP contribution is -2.35. The van der Waals surface area contributed by atoms with Gasteiger partial charge in [-0.05, 0) is 25.7 Å². The van der Waals surface area contributed by atoms with Crippen LogP contribution in [0.2, 0.25) is 0 Å². The number of halogens is 1. The number of methoxy groups -OCH3 is 1. The molecule has 0 spiro atoms. The summed E-state index contributed by atoms with van der Waals surface area (Å²) in [7, 11) is 1.75. The van der Waals surface area contributed by atoms with E-state index in [1.807, 2.05) is 6.92 Å². The highest BCUT2D eigenvalue weighted by Crippen LogP contribution is 2.25. The molecule has 0 radical (unpaired) electrons. The molecule has 0 saturated carbocycles. The summed E-state index contributed by atoms with van der Waals surface area (Å²) >= 11 is 5.89. The molecule has 0 bridgehead atoms. The van der Waals surface area contributed by atoms with Gasteiger partial charge in [0.15, 0.2) is 0 Å². The van der Waals surface area contributed by atoms with Gasteiger partial charge in [0.25, 0.3) is 0 Å². The first-order valence-corrected chi connectivity index (χ1v) is 6.35. The Labute approximate surface area is 106 Å². The molecular formula is C11H18ClN3O2. The summed E-state index contributed by atoms with van der Waals surface area (Å²) in [6.45, 7) is 4.53. The highest BCUT2D eigenvalue weighted by atomic mass is 35.5. The zero-order valence-corrected chi connectivity index (χ0v) is 11.0. The van der Waals surface area contributed by atoms with Gasteiger partial charge >= 0.3 is 6.01 Å². The van der Waals surface area contributed by atoms with Crippen molar-refractivity contribution in [3.05, 3.63) is 5.89 Å². The van der Waals surface area contributed by atoms with E-state index in [2.05, 4.69) is 15.1 Å². The zero-order chi connectivity index (χ0) is 12.3. The van der Waals surface area contributed by atoms with Crippen LogP contribution in [0, 0.1) is 5.92 Å². The van der Waals surface area contributed by atoms with E-state index in [1.54, 1.807) is 7.11 Å². The van der Waals surface area contributed by atoms with Crippen LogP contribution in [0.4, 0.5) is 6.01 Å². The van der Waals surface area contributed by atoms with Gasteiger partial charge < -0.3 is 14.1 Å². The lowest BCUT2D eigenvalue weighted by atomic mass is 9.98. The fourth-order valence-electron chi connectivity index (χ4n) is 2.04. The molecule has 1 saturated heterocycles. The minimum absolute atomic E-state index is 0.234. The standard InChI is InChI=1S/C11H18ClN3O2/c1-8(12)10-13-14-11(17-10)15-5-3-9(4-6-15)7-16-2/h8-9H,3-7H2,1-2H3. The number of hydrogen-bond donors (Lipinski definition) is 0. The Morgan fingerprint density at radius 1 is 1.47 bits per heavy atom. The lowest BCUT2D eigenvalue weighted by molar-refractivity contribution is 0.138. The van der Waals surface area contributed by atoms with Crippen molar-refractivity contribution in [2.75, 3.05) is 31.7 Å². The van der Waals surface area contributed by atoms with Gasteiger partial charge in [-0.1, -0.05) is 5.10 Å². The topological polar surface area (TPSA) is 51.4 Å². The number of piperidine rings is 1. The molecule has 96 valence electrons. The number of alkyl halides is 1. The SMILES string of the molecule is COCC1CCN(c2nnc(C(C)Cl)o2)CC1. The smallest absolute Gasteiger partial charge is 0.318 e. The van der Waals surface area contributed by atoms with E-state index in [0.29, 0.717) is 17.8 Å². The van der Waals surface area contributed by atoms with Crippen molar-refractivity contribution in [2.24, 2.45) is 5.92 Å². The molecule has 0 aromatic carbocycles. The van der Waals surface area contributed by atoms with Crippen molar-refractivity contribution >= 4 is 17.6 Å². The van der Waals surface area contributed by atoms with Gasteiger partial charge in [-0.15, -0.1) is 16.7 Å². The molecule has 0 aliphatic carbocycles. The van der Waals surface area contributed by atoms with E-state index in [0.717, 1.165) is 32.5 Å². The Balaban J connectivity index is 1.91. The van der Waals surface area contributed by atoms with Crippen molar-refractivity contribution in [1.82, 2.24) is 10.2 Å². The molecule has 17 heavy (non-hydrogen) atoms. The third-order valence-electron chi connectivity index (χ3n) is 3.06. The van der Waals surface area contributed by atoms with Crippen LogP contribution in [0.15, 0.2) is 4.42 Å². The van der Waals surface area contributed by atoms with Crippen LogP contribution >= 0.6 is 11.6 Å². The Hall–Kier alpha value is -0.810. The number of anilines is 1. The molecule has 1 aliphatic rings. The van der Waals surface area contributed by atoms with E-state index >= 15 is 0 Å². The minimum atomic E-state index is -0.234. The molecule has 6 heteroatoms. The van der Waals surface area contributed by atoms with Gasteiger partial charge in [0, 0.05) is 26.8 Å². The van der Waals surface area contributed by atoms with Gasteiger partial charge in [0.2, 0.25) is 5.89 Å². The molecule has 1 atom stereocenters. The largest absolute Gasteiger partial charge is 0.406 e. The summed E-state index contributed by atoms with van der Waals surface area (Å²) in [5.41, 5.74) is 0. The molecule has 1 unspecified atom stereocenters. The maximum absolute atomic E-state index is 5.89. The number of aromatic nitrogens is 2. The van der Waals surface area contributed by atoms with Crippen LogP contribution in [0.25, 0.3) is 0 Å². The molecule has 2 heterocycles. The Bertz CT molecular complexity index is 348. The molecule has 1 aromatic heterocycles. The summed E-state index contributed by atoms with van der Waals surface area (Å²) in [5, 5.41) is 7.72. The zero-order valence-electron chi connectivity index (χ0n) is 10.2. The van der Waals surface area contributed by atoms with Crippen molar-refractivity contribution in [2.45, 2.75) is 25.1 Å². The van der Waals surface area contributed by atoms with Gasteiger partial charge in [0.05, 0.1) is 0 Å². The molecule has 1 aromatic rings. The second kappa shape index (κ2) is 5.69. The molecule has 5 nitrogen and oxygen atoms in total. The van der Waals surface area contributed by atoms with E-state index in [4.69, 9.17) is 20.8 Å². The average Bonchev–Trinajstić information content (AvgIpc) is 2.80. The van der Waals surface area contributed by atoms with Crippen molar-refractivity contribution in [3.8, 4) is 0 Å². The predicted octanol–water partition coefficient (Wildman–Crippen LogP) is 2.23. The predicted molar refractivity (Wildman–Crippen MR) is 65.4 cm³/mol. The maximum Gasteiger partial charge on any atom is 0.318 e. The molecule has 1 fully saturated rings. The average molecular weight is 260 g/mol. The molecule has 0 amide bonds. The Kier molecular flexibility index (Phi) is 4.23. The highest BCUT2D eigenvalue weighted by Gasteiger charge is 2.23. The van der Waals surface area contributed by atoms with Gasteiger partial charge in [-0.25, -0.2) is 0 Å². The van der Waals surface area contributed by atoms with Gasteiger partial charge in [-0.3, -0.25) is 0 Å². The van der Waals surface area contributed by atoms with E-state index in [1.165, 1.54) is 0 Å². The Morgan fingerprint density at radius 2 is 2.18 bits per heavy atom. The second-order valence-corrected chi connectivity index (χ2v) is 5.08. The van der Waals surface area contributed by atoms with Crippen LogP contribution in [0.3, 0.4) is 0 Å². The number of ether oxygens (including phenoxy) is 1. The van der Waals surface area contributed by atoms with E-state index < -0.39 is 0 Å². The Morgan fingerprint density at radius 3 is 2.71 bits per heavy atom. The van der Waals surface area contributed by atoms with Crippen LogP contribution in [0.1, 0.15) is 31.0 Å². The lowest BCUT2D eigenvalue weighted by Gasteiger charge is -2.30. The summed E-state index contributed by atoms with van der Waals surface area (Å²) in [6, 6.07) is 0.586. The first kappa shape index (κ1) is 12.6. The summed E-state index contributed by atoms with van der Waals surface area (Å²) in [5.74, 6) is 1.13. The quantitative estimate of drug-likeness (QED) is 0.776. The van der Waals surface area contributed by atoms with E-state index in [-0.39, 0.29) is 5.38 Å². The molecule has 1 aliphatic heterocycles. The van der Waals surface area contributed by atoms with Gasteiger partial charge in [0.1, 0.15) is 5.38 Å². The summed E-state index contributed by atoms with van der Waals surface area (Å²) in [6.07, 6.45) is 2.20. The van der Waals surface area contributed by atoms with E-state index in [9.17, 15) is 0 Å². The molecular weight excluding hydrogens is 242 g/mol. The third-order valence-corrected chi connectivity index (χ3v) is 3.24. The maximum atomic E-state index is 5.89.